The van der Waals surface area contributed by atoms with Gasteiger partial charge in [0.2, 0.25) is 0 Å². The molecule has 0 amide bonds. The number of halogens is 3. The van der Waals surface area contributed by atoms with Crippen LogP contribution in [-0.2, 0) is 22.3 Å². The summed E-state index contributed by atoms with van der Waals surface area (Å²) in [7, 11) is 0. The first-order chi connectivity index (χ1) is 12.8. The minimum atomic E-state index is -4.48. The van der Waals surface area contributed by atoms with Gasteiger partial charge in [-0.2, -0.15) is 13.2 Å². The number of hydrogen-bond acceptors (Lipinski definition) is 4. The Morgan fingerprint density at radius 1 is 1.11 bits per heavy atom. The largest absolute Gasteiger partial charge is 0.461 e. The molecule has 1 heterocycles. The van der Waals surface area contributed by atoms with E-state index in [9.17, 15) is 18.0 Å². The van der Waals surface area contributed by atoms with E-state index in [4.69, 9.17) is 10.5 Å². The molecule has 0 spiro atoms. The van der Waals surface area contributed by atoms with E-state index in [0.717, 1.165) is 11.6 Å². The molecule has 0 unspecified atom stereocenters. The third-order valence-corrected chi connectivity index (χ3v) is 4.72. The molecule has 1 aliphatic rings. The molecule has 0 bridgehead atoms. The number of carbonyl (C=O) groups is 1. The van der Waals surface area contributed by atoms with Gasteiger partial charge in [0.1, 0.15) is 6.61 Å². The summed E-state index contributed by atoms with van der Waals surface area (Å²) in [5.74, 6) is -0.597. The summed E-state index contributed by atoms with van der Waals surface area (Å²) in [5, 5.41) is 0. The van der Waals surface area contributed by atoms with Crippen molar-refractivity contribution in [2.75, 3.05) is 23.7 Å². The van der Waals surface area contributed by atoms with Gasteiger partial charge in [-0.1, -0.05) is 30.3 Å². The fraction of sp³-hybridized carbons (Fsp3) is 0.350. The first kappa shape index (κ1) is 19.1. The van der Waals surface area contributed by atoms with Gasteiger partial charge >= 0.3 is 12.1 Å². The van der Waals surface area contributed by atoms with Crippen LogP contribution in [0.5, 0.6) is 0 Å². The lowest BCUT2D eigenvalue weighted by molar-refractivity contribution is -0.150. The number of hydrogen-bond donors (Lipinski definition) is 1. The number of nitrogens with two attached hydrogens (primary N) is 1. The Labute approximate surface area is 155 Å². The highest BCUT2D eigenvalue weighted by molar-refractivity contribution is 5.73. The lowest BCUT2D eigenvalue weighted by atomic mass is 9.96. The molecule has 0 atom stereocenters. The number of ether oxygens (including phenoxy) is 1. The molecule has 3 rings (SSSR count). The Morgan fingerprint density at radius 2 is 1.78 bits per heavy atom. The van der Waals surface area contributed by atoms with E-state index in [1.807, 2.05) is 30.3 Å². The number of nitrogen functional groups attached to an aromatic ring is 1. The Balaban J connectivity index is 1.60. The smallest absolute Gasteiger partial charge is 0.418 e. The number of benzene rings is 2. The van der Waals surface area contributed by atoms with Crippen LogP contribution in [0.2, 0.25) is 0 Å². The summed E-state index contributed by atoms with van der Waals surface area (Å²) in [6, 6.07) is 13.2. The van der Waals surface area contributed by atoms with Crippen molar-refractivity contribution in [1.29, 1.82) is 0 Å². The van der Waals surface area contributed by atoms with Crippen LogP contribution < -0.4 is 10.6 Å². The first-order valence-electron chi connectivity index (χ1n) is 8.77. The first-order valence-corrected chi connectivity index (χ1v) is 8.77. The number of anilines is 2. The third kappa shape index (κ3) is 4.72. The van der Waals surface area contributed by atoms with Crippen LogP contribution in [0.15, 0.2) is 48.5 Å². The van der Waals surface area contributed by atoms with E-state index in [2.05, 4.69) is 0 Å². The zero-order chi connectivity index (χ0) is 19.4. The fourth-order valence-electron chi connectivity index (χ4n) is 3.26. The molecule has 0 radical (unpaired) electrons. The molecule has 2 aromatic rings. The van der Waals surface area contributed by atoms with Crippen LogP contribution in [0.25, 0.3) is 0 Å². The second-order valence-corrected chi connectivity index (χ2v) is 6.63. The zero-order valence-corrected chi connectivity index (χ0v) is 14.7. The number of piperidine rings is 1. The summed E-state index contributed by atoms with van der Waals surface area (Å²) in [4.78, 5) is 13.9. The second-order valence-electron chi connectivity index (χ2n) is 6.63. The Kier molecular flexibility index (Phi) is 5.58. The molecule has 4 nitrogen and oxygen atoms in total. The average molecular weight is 378 g/mol. The molecule has 27 heavy (non-hydrogen) atoms. The van der Waals surface area contributed by atoms with Gasteiger partial charge in [0.15, 0.2) is 0 Å². The van der Waals surface area contributed by atoms with Gasteiger partial charge < -0.3 is 15.4 Å². The fourth-order valence-corrected chi connectivity index (χ4v) is 3.26. The molecule has 0 aliphatic carbocycles. The SMILES string of the molecule is Nc1ccc(N2CCC(C(=O)OCc3ccccc3)CC2)c(C(F)(F)F)c1. The number of esters is 1. The van der Waals surface area contributed by atoms with Gasteiger partial charge in [0.25, 0.3) is 0 Å². The molecule has 0 saturated carbocycles. The van der Waals surface area contributed by atoms with Crippen LogP contribution in [0, 0.1) is 5.92 Å². The molecule has 1 aliphatic heterocycles. The highest BCUT2D eigenvalue weighted by Gasteiger charge is 2.36. The second kappa shape index (κ2) is 7.90. The predicted molar refractivity (Wildman–Crippen MR) is 97.0 cm³/mol. The molecule has 2 aromatic carbocycles. The number of alkyl halides is 3. The van der Waals surface area contributed by atoms with Crippen molar-refractivity contribution in [2.45, 2.75) is 25.6 Å². The molecule has 2 N–H and O–H groups in total. The molecule has 144 valence electrons. The molecule has 1 saturated heterocycles. The minimum Gasteiger partial charge on any atom is -0.461 e. The van der Waals surface area contributed by atoms with Gasteiger partial charge in [-0.3, -0.25) is 4.79 Å². The van der Waals surface area contributed by atoms with E-state index in [-0.39, 0.29) is 29.9 Å². The third-order valence-electron chi connectivity index (χ3n) is 4.72. The number of carbonyl (C=O) groups excluding carboxylic acids is 1. The molecule has 1 fully saturated rings. The van der Waals surface area contributed by atoms with Crippen molar-refractivity contribution in [2.24, 2.45) is 5.92 Å². The number of rotatable bonds is 4. The van der Waals surface area contributed by atoms with Gasteiger partial charge in [-0.15, -0.1) is 0 Å². The van der Waals surface area contributed by atoms with E-state index >= 15 is 0 Å². The standard InChI is InChI=1S/C20H21F3N2O2/c21-20(22,23)17-12-16(24)6-7-18(17)25-10-8-15(9-11-25)19(26)27-13-14-4-2-1-3-5-14/h1-7,12,15H,8-11,13,24H2. The molecule has 0 aromatic heterocycles. The van der Waals surface area contributed by atoms with Gasteiger partial charge in [-0.05, 0) is 36.6 Å². The van der Waals surface area contributed by atoms with E-state index in [1.165, 1.54) is 12.1 Å². The maximum absolute atomic E-state index is 13.3. The van der Waals surface area contributed by atoms with Crippen LogP contribution >= 0.6 is 0 Å². The zero-order valence-electron chi connectivity index (χ0n) is 14.7. The van der Waals surface area contributed by atoms with Crippen molar-refractivity contribution in [3.05, 3.63) is 59.7 Å². The van der Waals surface area contributed by atoms with Gasteiger partial charge in [0, 0.05) is 24.5 Å². The summed E-state index contributed by atoms with van der Waals surface area (Å²) in [6.07, 6.45) is -3.57. The highest BCUT2D eigenvalue weighted by Crippen LogP contribution is 2.39. The lowest BCUT2D eigenvalue weighted by Crippen LogP contribution is -2.38. The van der Waals surface area contributed by atoms with Crippen molar-refractivity contribution in [3.63, 3.8) is 0 Å². The monoisotopic (exact) mass is 378 g/mol. The summed E-state index contributed by atoms with van der Waals surface area (Å²) in [6.45, 7) is 0.923. The summed E-state index contributed by atoms with van der Waals surface area (Å²) < 4.78 is 45.2. The number of nitrogens with zero attached hydrogens (tertiary/aromatic N) is 1. The topological polar surface area (TPSA) is 55.6 Å². The van der Waals surface area contributed by atoms with Crippen molar-refractivity contribution >= 4 is 17.3 Å². The molecular formula is C20H21F3N2O2. The highest BCUT2D eigenvalue weighted by atomic mass is 19.4. The lowest BCUT2D eigenvalue weighted by Gasteiger charge is -2.34. The van der Waals surface area contributed by atoms with E-state index in [1.54, 1.807) is 4.90 Å². The van der Waals surface area contributed by atoms with Gasteiger partial charge in [0.05, 0.1) is 11.5 Å². The van der Waals surface area contributed by atoms with Crippen LogP contribution in [0.1, 0.15) is 24.0 Å². The maximum Gasteiger partial charge on any atom is 0.418 e. The molecule has 7 heteroatoms. The van der Waals surface area contributed by atoms with E-state index < -0.39 is 11.7 Å². The van der Waals surface area contributed by atoms with E-state index in [0.29, 0.717) is 25.9 Å². The minimum absolute atomic E-state index is 0.0745. The summed E-state index contributed by atoms with van der Waals surface area (Å²) >= 11 is 0. The van der Waals surface area contributed by atoms with Gasteiger partial charge in [-0.25, -0.2) is 0 Å². The van der Waals surface area contributed by atoms with Crippen molar-refractivity contribution in [1.82, 2.24) is 0 Å². The maximum atomic E-state index is 13.3. The normalized spacial score (nSPS) is 15.6. The summed E-state index contributed by atoms with van der Waals surface area (Å²) in [5.41, 5.74) is 5.86. The van der Waals surface area contributed by atoms with Crippen molar-refractivity contribution in [3.8, 4) is 0 Å². The quantitative estimate of drug-likeness (QED) is 0.638. The Bertz CT molecular complexity index is 786. The van der Waals surface area contributed by atoms with Crippen LogP contribution in [0.3, 0.4) is 0 Å². The Morgan fingerprint density at radius 3 is 2.41 bits per heavy atom. The van der Waals surface area contributed by atoms with Crippen LogP contribution in [-0.4, -0.2) is 19.1 Å². The Hall–Kier alpha value is -2.70. The molecular weight excluding hydrogens is 357 g/mol. The van der Waals surface area contributed by atoms with Crippen molar-refractivity contribution < 1.29 is 22.7 Å². The average Bonchev–Trinajstić information content (AvgIpc) is 2.66. The predicted octanol–water partition coefficient (Wildman–Crippen LogP) is 4.25. The van der Waals surface area contributed by atoms with Crippen LogP contribution in [0.4, 0.5) is 24.5 Å².